The van der Waals surface area contributed by atoms with Gasteiger partial charge in [0.25, 0.3) is 0 Å². The van der Waals surface area contributed by atoms with Crippen LogP contribution in [0.1, 0.15) is 34.6 Å². The van der Waals surface area contributed by atoms with Crippen LogP contribution in [0, 0.1) is 23.7 Å². The Kier molecular flexibility index (Phi) is 6.44. The second-order valence-corrected chi connectivity index (χ2v) is 7.32. The number of ether oxygens (including phenoxy) is 3. The maximum absolute atomic E-state index is 10.2. The highest BCUT2D eigenvalue weighted by Crippen LogP contribution is 2.37. The molecule has 6 heteroatoms. The average Bonchev–Trinajstić information content (AvgIpc) is 2.55. The Labute approximate surface area is 138 Å². The summed E-state index contributed by atoms with van der Waals surface area (Å²) >= 11 is 0. The highest BCUT2D eigenvalue weighted by Gasteiger charge is 2.46. The molecule has 0 spiro atoms. The summed E-state index contributed by atoms with van der Waals surface area (Å²) in [5.74, 6) is 0.448. The van der Waals surface area contributed by atoms with Crippen LogP contribution in [0.5, 0.6) is 0 Å². The number of hydrogen-bond acceptors (Lipinski definition) is 6. The Balaban J connectivity index is 2.11. The predicted molar refractivity (Wildman–Crippen MR) is 84.7 cm³/mol. The lowest BCUT2D eigenvalue weighted by Crippen LogP contribution is -2.56. The van der Waals surface area contributed by atoms with Crippen molar-refractivity contribution in [2.24, 2.45) is 23.7 Å². The average molecular weight is 332 g/mol. The second kappa shape index (κ2) is 7.76. The summed E-state index contributed by atoms with van der Waals surface area (Å²) in [6, 6.07) is 0. The summed E-state index contributed by atoms with van der Waals surface area (Å²) in [4.78, 5) is 0. The molecule has 2 heterocycles. The first-order chi connectivity index (χ1) is 10.8. The van der Waals surface area contributed by atoms with E-state index in [1.165, 1.54) is 0 Å². The van der Waals surface area contributed by atoms with Crippen molar-refractivity contribution in [3.8, 4) is 0 Å². The second-order valence-electron chi connectivity index (χ2n) is 7.32. The third kappa shape index (κ3) is 3.72. The maximum Gasteiger partial charge on any atom is 0.161 e. The van der Waals surface area contributed by atoms with Crippen LogP contribution in [0.25, 0.3) is 0 Å². The van der Waals surface area contributed by atoms with Crippen molar-refractivity contribution in [3.63, 3.8) is 0 Å². The highest BCUT2D eigenvalue weighted by atomic mass is 16.7. The Bertz CT molecular complexity index is 374. The van der Waals surface area contributed by atoms with Crippen LogP contribution in [-0.2, 0) is 14.2 Å². The van der Waals surface area contributed by atoms with E-state index < -0.39 is 18.5 Å². The largest absolute Gasteiger partial charge is 0.394 e. The van der Waals surface area contributed by atoms with E-state index in [0.29, 0.717) is 5.92 Å². The molecule has 23 heavy (non-hydrogen) atoms. The van der Waals surface area contributed by atoms with Crippen LogP contribution in [0.4, 0.5) is 0 Å². The van der Waals surface area contributed by atoms with E-state index >= 15 is 0 Å². The molecule has 2 rings (SSSR count). The van der Waals surface area contributed by atoms with E-state index in [-0.39, 0.29) is 49.3 Å². The highest BCUT2D eigenvalue weighted by molar-refractivity contribution is 4.90. The van der Waals surface area contributed by atoms with Crippen LogP contribution in [0.15, 0.2) is 0 Å². The molecular formula is C17H32O6. The predicted octanol–water partition coefficient (Wildman–Crippen LogP) is 0.774. The van der Waals surface area contributed by atoms with Gasteiger partial charge in [0.05, 0.1) is 31.5 Å². The first kappa shape index (κ1) is 19.1. The van der Waals surface area contributed by atoms with E-state index in [2.05, 4.69) is 13.8 Å². The summed E-state index contributed by atoms with van der Waals surface area (Å²) < 4.78 is 17.9. The fraction of sp³-hybridized carbons (Fsp3) is 1.00. The SMILES string of the molecule is CC1[C@@H](O[C@@H]2C(CO)O[C@@H](C)C(C)[C@H]2C)OC(CO)[C@@H](O)[C@@H]1C. The fourth-order valence-electron chi connectivity index (χ4n) is 3.64. The molecule has 3 N–H and O–H groups in total. The van der Waals surface area contributed by atoms with Gasteiger partial charge < -0.3 is 29.5 Å². The first-order valence-electron chi connectivity index (χ1n) is 8.67. The molecule has 0 aromatic rings. The van der Waals surface area contributed by atoms with Crippen LogP contribution < -0.4 is 0 Å². The van der Waals surface area contributed by atoms with Crippen molar-refractivity contribution in [2.75, 3.05) is 13.2 Å². The van der Waals surface area contributed by atoms with Gasteiger partial charge in [-0.05, 0) is 24.7 Å². The third-order valence-corrected chi connectivity index (χ3v) is 5.98. The van der Waals surface area contributed by atoms with Gasteiger partial charge in [0.15, 0.2) is 6.29 Å². The van der Waals surface area contributed by atoms with Crippen molar-refractivity contribution in [3.05, 3.63) is 0 Å². The molecule has 2 fully saturated rings. The summed E-state index contributed by atoms with van der Waals surface area (Å²) in [5, 5.41) is 29.2. The Morgan fingerprint density at radius 1 is 0.783 bits per heavy atom. The van der Waals surface area contributed by atoms with Crippen LogP contribution in [-0.4, -0.2) is 65.3 Å². The van der Waals surface area contributed by atoms with E-state index in [1.807, 2.05) is 20.8 Å². The van der Waals surface area contributed by atoms with Gasteiger partial charge >= 0.3 is 0 Å². The minimum absolute atomic E-state index is 0.0194. The van der Waals surface area contributed by atoms with Crippen molar-refractivity contribution in [1.29, 1.82) is 0 Å². The first-order valence-corrected chi connectivity index (χ1v) is 8.67. The van der Waals surface area contributed by atoms with Crippen LogP contribution in [0.2, 0.25) is 0 Å². The molecule has 0 saturated carbocycles. The smallest absolute Gasteiger partial charge is 0.161 e. The standard InChI is InChI=1S/C17H32O6/c1-8-10(3)16(14(7-19)21-12(8)5)23-17-11(4)9(2)15(20)13(6-18)22-17/h8-20H,6-7H2,1-5H3/t8?,9-,10-,11?,12+,13?,14?,15+,16+,17-/m1/s1. The number of aliphatic hydroxyl groups is 3. The van der Waals surface area contributed by atoms with Gasteiger partial charge in [-0.15, -0.1) is 0 Å². The van der Waals surface area contributed by atoms with Gasteiger partial charge in [-0.3, -0.25) is 0 Å². The minimum atomic E-state index is -0.706. The molecule has 4 unspecified atom stereocenters. The zero-order valence-electron chi connectivity index (χ0n) is 14.8. The van der Waals surface area contributed by atoms with Gasteiger partial charge in [-0.2, -0.15) is 0 Å². The Morgan fingerprint density at radius 3 is 1.96 bits per heavy atom. The molecule has 0 aromatic carbocycles. The molecular weight excluding hydrogens is 300 g/mol. The van der Waals surface area contributed by atoms with Gasteiger partial charge in [0, 0.05) is 5.92 Å². The molecule has 0 radical (unpaired) electrons. The van der Waals surface area contributed by atoms with E-state index in [1.54, 1.807) is 0 Å². The molecule has 0 aliphatic carbocycles. The van der Waals surface area contributed by atoms with Crippen molar-refractivity contribution in [2.45, 2.75) is 71.4 Å². The van der Waals surface area contributed by atoms with Crippen molar-refractivity contribution < 1.29 is 29.5 Å². The molecule has 0 bridgehead atoms. The van der Waals surface area contributed by atoms with E-state index in [9.17, 15) is 15.3 Å². The molecule has 2 aliphatic rings. The Hall–Kier alpha value is -0.240. The number of rotatable bonds is 4. The summed E-state index contributed by atoms with van der Waals surface area (Å²) in [6.45, 7) is 9.80. The monoisotopic (exact) mass is 332 g/mol. The fourth-order valence-corrected chi connectivity index (χ4v) is 3.64. The molecule has 0 aromatic heterocycles. The van der Waals surface area contributed by atoms with E-state index in [4.69, 9.17) is 14.2 Å². The molecule has 10 atom stereocenters. The molecule has 0 amide bonds. The molecule has 136 valence electrons. The normalized spacial score (nSPS) is 51.7. The Morgan fingerprint density at radius 2 is 1.39 bits per heavy atom. The van der Waals surface area contributed by atoms with E-state index in [0.717, 1.165) is 0 Å². The van der Waals surface area contributed by atoms with Crippen molar-refractivity contribution in [1.82, 2.24) is 0 Å². The topological polar surface area (TPSA) is 88.4 Å². The lowest BCUT2D eigenvalue weighted by molar-refractivity contribution is -0.311. The third-order valence-electron chi connectivity index (χ3n) is 5.98. The zero-order valence-corrected chi connectivity index (χ0v) is 14.8. The van der Waals surface area contributed by atoms with Crippen LogP contribution in [0.3, 0.4) is 0 Å². The zero-order chi connectivity index (χ0) is 17.3. The molecule has 2 saturated heterocycles. The lowest BCUT2D eigenvalue weighted by Gasteiger charge is -2.48. The van der Waals surface area contributed by atoms with Gasteiger partial charge in [0.1, 0.15) is 12.2 Å². The molecule has 6 nitrogen and oxygen atoms in total. The maximum atomic E-state index is 10.2. The lowest BCUT2D eigenvalue weighted by atomic mass is 9.81. The summed E-state index contributed by atoms with van der Waals surface area (Å²) in [6.07, 6.45) is -2.48. The minimum Gasteiger partial charge on any atom is -0.394 e. The summed E-state index contributed by atoms with van der Waals surface area (Å²) in [7, 11) is 0. The number of aliphatic hydroxyl groups excluding tert-OH is 3. The number of hydrogen-bond donors (Lipinski definition) is 3. The van der Waals surface area contributed by atoms with Crippen molar-refractivity contribution >= 4 is 0 Å². The quantitative estimate of drug-likeness (QED) is 0.705. The summed E-state index contributed by atoms with van der Waals surface area (Å²) in [5.41, 5.74) is 0. The van der Waals surface area contributed by atoms with Gasteiger partial charge in [-0.25, -0.2) is 0 Å². The van der Waals surface area contributed by atoms with Gasteiger partial charge in [0.2, 0.25) is 0 Å². The van der Waals surface area contributed by atoms with Crippen LogP contribution >= 0.6 is 0 Å². The van der Waals surface area contributed by atoms with Gasteiger partial charge in [-0.1, -0.05) is 27.7 Å². The molecule has 2 aliphatic heterocycles.